The van der Waals surface area contributed by atoms with E-state index in [1.165, 1.54) is 18.2 Å². The second-order valence-corrected chi connectivity index (χ2v) is 6.02. The van der Waals surface area contributed by atoms with E-state index in [1.807, 2.05) is 53.8 Å². The molecule has 0 aliphatic heterocycles. The zero-order valence-electron chi connectivity index (χ0n) is 12.5. The van der Waals surface area contributed by atoms with Crippen LogP contribution in [0.1, 0.15) is 22.8 Å². The third-order valence-electron chi connectivity index (χ3n) is 3.16. The number of carbonyl (C=O) groups excluding carboxylic acids is 1. The number of halogens is 2. The molecule has 0 aliphatic rings. The van der Waals surface area contributed by atoms with E-state index in [-0.39, 0.29) is 11.7 Å². The van der Waals surface area contributed by atoms with Crippen LogP contribution in [0, 0.1) is 9.39 Å². The van der Waals surface area contributed by atoms with Crippen molar-refractivity contribution in [2.75, 3.05) is 13.7 Å². The molecule has 1 amide bonds. The molecule has 0 fully saturated rings. The summed E-state index contributed by atoms with van der Waals surface area (Å²) in [6, 6.07) is 11.8. The Morgan fingerprint density at radius 2 is 1.91 bits per heavy atom. The van der Waals surface area contributed by atoms with Gasteiger partial charge in [0.2, 0.25) is 0 Å². The summed E-state index contributed by atoms with van der Waals surface area (Å²) in [4.78, 5) is 14.0. The molecule has 0 radical (unpaired) electrons. The standard InChI is InChI=1S/C17H17FINO2/c1-3-22-14-7-4-12(5-8-14)11-20(2)17(21)15-9-6-13(18)10-16(15)19/h4-10H,3,11H2,1-2H3. The van der Waals surface area contributed by atoms with Crippen molar-refractivity contribution in [3.8, 4) is 5.75 Å². The van der Waals surface area contributed by atoms with E-state index in [2.05, 4.69) is 0 Å². The molecule has 0 saturated carbocycles. The number of ether oxygens (including phenoxy) is 1. The SMILES string of the molecule is CCOc1ccc(CN(C)C(=O)c2ccc(F)cc2I)cc1. The summed E-state index contributed by atoms with van der Waals surface area (Å²) in [5.74, 6) is 0.349. The second kappa shape index (κ2) is 7.58. The van der Waals surface area contributed by atoms with Crippen molar-refractivity contribution in [1.29, 1.82) is 0 Å². The van der Waals surface area contributed by atoms with E-state index < -0.39 is 0 Å². The average molecular weight is 413 g/mol. The lowest BCUT2D eigenvalue weighted by atomic mass is 10.1. The first-order valence-corrected chi connectivity index (χ1v) is 8.01. The third kappa shape index (κ3) is 4.19. The number of hydrogen-bond donors (Lipinski definition) is 0. The van der Waals surface area contributed by atoms with Gasteiger partial charge in [-0.25, -0.2) is 4.39 Å². The molecule has 0 N–H and O–H groups in total. The molecule has 116 valence electrons. The first-order chi connectivity index (χ1) is 10.5. The highest BCUT2D eigenvalue weighted by atomic mass is 127. The molecule has 0 spiro atoms. The van der Waals surface area contributed by atoms with Crippen LogP contribution in [0.4, 0.5) is 4.39 Å². The Kier molecular flexibility index (Phi) is 5.76. The molecule has 2 aromatic carbocycles. The van der Waals surface area contributed by atoms with E-state index in [9.17, 15) is 9.18 Å². The number of amides is 1. The highest BCUT2D eigenvalue weighted by Gasteiger charge is 2.15. The molecular formula is C17H17FINO2. The highest BCUT2D eigenvalue weighted by molar-refractivity contribution is 14.1. The van der Waals surface area contributed by atoms with Gasteiger partial charge in [-0.2, -0.15) is 0 Å². The van der Waals surface area contributed by atoms with Crippen LogP contribution in [0.3, 0.4) is 0 Å². The van der Waals surface area contributed by atoms with Gasteiger partial charge in [-0.05, 0) is 65.4 Å². The van der Waals surface area contributed by atoms with E-state index in [4.69, 9.17) is 4.74 Å². The molecule has 2 aromatic rings. The van der Waals surface area contributed by atoms with Crippen molar-refractivity contribution in [2.24, 2.45) is 0 Å². The molecule has 0 aromatic heterocycles. The normalized spacial score (nSPS) is 10.4. The second-order valence-electron chi connectivity index (χ2n) is 4.86. The van der Waals surface area contributed by atoms with Gasteiger partial charge in [0.1, 0.15) is 11.6 Å². The minimum absolute atomic E-state index is 0.127. The van der Waals surface area contributed by atoms with Gasteiger partial charge in [-0.15, -0.1) is 0 Å². The van der Waals surface area contributed by atoms with Gasteiger partial charge in [-0.3, -0.25) is 4.79 Å². The summed E-state index contributed by atoms with van der Waals surface area (Å²) in [5, 5.41) is 0. The molecule has 5 heteroatoms. The number of carbonyl (C=O) groups is 1. The monoisotopic (exact) mass is 413 g/mol. The van der Waals surface area contributed by atoms with Gasteiger partial charge in [0.15, 0.2) is 0 Å². The Morgan fingerprint density at radius 1 is 1.23 bits per heavy atom. The fourth-order valence-corrected chi connectivity index (χ4v) is 2.78. The van der Waals surface area contributed by atoms with Crippen LogP contribution in [0.25, 0.3) is 0 Å². The predicted octanol–water partition coefficient (Wildman–Crippen LogP) is 4.10. The van der Waals surface area contributed by atoms with Crippen molar-refractivity contribution in [3.05, 3.63) is 63.0 Å². The summed E-state index contributed by atoms with van der Waals surface area (Å²) in [5.41, 5.74) is 1.52. The molecule has 0 heterocycles. The van der Waals surface area contributed by atoms with Crippen molar-refractivity contribution in [2.45, 2.75) is 13.5 Å². The van der Waals surface area contributed by atoms with Gasteiger partial charge in [0.05, 0.1) is 12.2 Å². The van der Waals surface area contributed by atoms with E-state index >= 15 is 0 Å². The van der Waals surface area contributed by atoms with Crippen molar-refractivity contribution < 1.29 is 13.9 Å². The minimum atomic E-state index is -0.338. The minimum Gasteiger partial charge on any atom is -0.494 e. The Bertz CT molecular complexity index is 658. The summed E-state index contributed by atoms with van der Waals surface area (Å²) in [6.07, 6.45) is 0. The van der Waals surface area contributed by atoms with Gasteiger partial charge in [0, 0.05) is 17.2 Å². The lowest BCUT2D eigenvalue weighted by Crippen LogP contribution is -2.26. The van der Waals surface area contributed by atoms with E-state index in [0.29, 0.717) is 22.3 Å². The molecule has 3 nitrogen and oxygen atoms in total. The van der Waals surface area contributed by atoms with Crippen LogP contribution < -0.4 is 4.74 Å². The molecule has 0 saturated heterocycles. The first kappa shape index (κ1) is 16.7. The van der Waals surface area contributed by atoms with E-state index in [1.54, 1.807) is 11.9 Å². The predicted molar refractivity (Wildman–Crippen MR) is 92.5 cm³/mol. The molecule has 0 bridgehead atoms. The maximum Gasteiger partial charge on any atom is 0.254 e. The summed E-state index contributed by atoms with van der Waals surface area (Å²) in [7, 11) is 1.73. The summed E-state index contributed by atoms with van der Waals surface area (Å²) >= 11 is 1.98. The Hall–Kier alpha value is -1.63. The Morgan fingerprint density at radius 3 is 2.50 bits per heavy atom. The van der Waals surface area contributed by atoms with Crippen molar-refractivity contribution >= 4 is 28.5 Å². The van der Waals surface area contributed by atoms with Crippen LogP contribution in [-0.4, -0.2) is 24.5 Å². The largest absolute Gasteiger partial charge is 0.494 e. The van der Waals surface area contributed by atoms with E-state index in [0.717, 1.165) is 11.3 Å². The van der Waals surface area contributed by atoms with Gasteiger partial charge < -0.3 is 9.64 Å². The molecule has 0 unspecified atom stereocenters. The smallest absolute Gasteiger partial charge is 0.254 e. The topological polar surface area (TPSA) is 29.5 Å². The number of hydrogen-bond acceptors (Lipinski definition) is 2. The molecule has 22 heavy (non-hydrogen) atoms. The third-order valence-corrected chi connectivity index (χ3v) is 4.05. The molecular weight excluding hydrogens is 396 g/mol. The highest BCUT2D eigenvalue weighted by Crippen LogP contribution is 2.18. The van der Waals surface area contributed by atoms with Crippen LogP contribution in [-0.2, 0) is 6.54 Å². The molecule has 0 atom stereocenters. The maximum atomic E-state index is 13.1. The Balaban J connectivity index is 2.07. The van der Waals surface area contributed by atoms with Crippen molar-refractivity contribution in [3.63, 3.8) is 0 Å². The maximum absolute atomic E-state index is 13.1. The number of nitrogens with zero attached hydrogens (tertiary/aromatic N) is 1. The summed E-state index contributed by atoms with van der Waals surface area (Å²) < 4.78 is 19.1. The lowest BCUT2D eigenvalue weighted by molar-refractivity contribution is 0.0784. The van der Waals surface area contributed by atoms with Crippen LogP contribution in [0.15, 0.2) is 42.5 Å². The van der Waals surface area contributed by atoms with Crippen LogP contribution >= 0.6 is 22.6 Å². The van der Waals surface area contributed by atoms with Gasteiger partial charge in [0.25, 0.3) is 5.91 Å². The van der Waals surface area contributed by atoms with Gasteiger partial charge >= 0.3 is 0 Å². The Labute approximate surface area is 143 Å². The zero-order chi connectivity index (χ0) is 16.1. The lowest BCUT2D eigenvalue weighted by Gasteiger charge is -2.18. The average Bonchev–Trinajstić information content (AvgIpc) is 2.49. The van der Waals surface area contributed by atoms with Crippen LogP contribution in [0.5, 0.6) is 5.75 Å². The summed E-state index contributed by atoms with van der Waals surface area (Å²) in [6.45, 7) is 3.05. The van der Waals surface area contributed by atoms with Crippen molar-refractivity contribution in [1.82, 2.24) is 4.90 Å². The number of rotatable bonds is 5. The quantitative estimate of drug-likeness (QED) is 0.691. The molecule has 2 rings (SSSR count). The first-order valence-electron chi connectivity index (χ1n) is 6.93. The molecule has 0 aliphatic carbocycles. The van der Waals surface area contributed by atoms with Crippen LogP contribution in [0.2, 0.25) is 0 Å². The van der Waals surface area contributed by atoms with Gasteiger partial charge in [-0.1, -0.05) is 12.1 Å². The fourth-order valence-electron chi connectivity index (χ4n) is 2.07. The fraction of sp³-hybridized carbons (Fsp3) is 0.235. The number of benzene rings is 2. The zero-order valence-corrected chi connectivity index (χ0v) is 14.6.